The standard InChI is InChI=1S/C21H22N4O3/c1-24-17-9-8-15(28-2)12-16(17)19(25-11-5-7-18(25)26)20(24)21(27)23-13-14-6-3-4-10-22-14/h3-4,6,8-10,12H,5,7,11,13H2,1-2H3,(H,23,27). The molecule has 28 heavy (non-hydrogen) atoms. The lowest BCUT2D eigenvalue weighted by atomic mass is 10.2. The molecule has 0 saturated carbocycles. The molecule has 7 heteroatoms. The summed E-state index contributed by atoms with van der Waals surface area (Å²) in [6, 6.07) is 11.2. The minimum Gasteiger partial charge on any atom is -0.497 e. The Kier molecular flexibility index (Phi) is 4.73. The van der Waals surface area contributed by atoms with Crippen LogP contribution in [0.15, 0.2) is 42.6 Å². The number of carbonyl (C=O) groups is 2. The van der Waals surface area contributed by atoms with Gasteiger partial charge in [-0.1, -0.05) is 6.07 Å². The van der Waals surface area contributed by atoms with Gasteiger partial charge in [0.05, 0.1) is 30.6 Å². The van der Waals surface area contributed by atoms with Crippen molar-refractivity contribution < 1.29 is 14.3 Å². The maximum absolute atomic E-state index is 13.1. The van der Waals surface area contributed by atoms with Crippen LogP contribution in [0.2, 0.25) is 0 Å². The number of hydrogen-bond acceptors (Lipinski definition) is 4. The third kappa shape index (κ3) is 3.09. The van der Waals surface area contributed by atoms with E-state index in [9.17, 15) is 9.59 Å². The highest BCUT2D eigenvalue weighted by Gasteiger charge is 2.31. The number of nitrogens with zero attached hydrogens (tertiary/aromatic N) is 3. The van der Waals surface area contributed by atoms with E-state index in [2.05, 4.69) is 10.3 Å². The summed E-state index contributed by atoms with van der Waals surface area (Å²) in [6.45, 7) is 0.924. The second kappa shape index (κ2) is 7.34. The Morgan fingerprint density at radius 2 is 2.14 bits per heavy atom. The maximum Gasteiger partial charge on any atom is 0.270 e. The molecule has 1 N–H and O–H groups in total. The first kappa shape index (κ1) is 18.0. The predicted octanol–water partition coefficient (Wildman–Crippen LogP) is 2.64. The second-order valence-electron chi connectivity index (χ2n) is 6.79. The molecular weight excluding hydrogens is 356 g/mol. The lowest BCUT2D eigenvalue weighted by Gasteiger charge is -2.18. The fourth-order valence-electron chi connectivity index (χ4n) is 3.71. The van der Waals surface area contributed by atoms with Crippen LogP contribution in [-0.2, 0) is 18.4 Å². The van der Waals surface area contributed by atoms with Gasteiger partial charge in [0.25, 0.3) is 5.91 Å². The van der Waals surface area contributed by atoms with Gasteiger partial charge in [0.1, 0.15) is 11.4 Å². The van der Waals surface area contributed by atoms with Crippen molar-refractivity contribution in [2.24, 2.45) is 7.05 Å². The van der Waals surface area contributed by atoms with Gasteiger partial charge < -0.3 is 19.5 Å². The monoisotopic (exact) mass is 378 g/mol. The summed E-state index contributed by atoms with van der Waals surface area (Å²) in [7, 11) is 3.44. The maximum atomic E-state index is 13.1. The molecule has 0 unspecified atom stereocenters. The summed E-state index contributed by atoms with van der Waals surface area (Å²) in [6.07, 6.45) is 2.97. The van der Waals surface area contributed by atoms with Gasteiger partial charge in [0.2, 0.25) is 5.91 Å². The average Bonchev–Trinajstić information content (AvgIpc) is 3.27. The highest BCUT2D eigenvalue weighted by molar-refractivity contribution is 6.14. The molecule has 0 aliphatic carbocycles. The Balaban J connectivity index is 1.78. The van der Waals surface area contributed by atoms with Gasteiger partial charge in [-0.05, 0) is 36.8 Å². The van der Waals surface area contributed by atoms with Crippen molar-refractivity contribution in [2.45, 2.75) is 19.4 Å². The Morgan fingerprint density at radius 3 is 2.82 bits per heavy atom. The molecule has 0 spiro atoms. The molecule has 3 aromatic rings. The number of benzene rings is 1. The van der Waals surface area contributed by atoms with Crippen molar-refractivity contribution in [3.63, 3.8) is 0 Å². The van der Waals surface area contributed by atoms with Gasteiger partial charge in [-0.2, -0.15) is 0 Å². The molecular formula is C21H22N4O3. The van der Waals surface area contributed by atoms with Crippen molar-refractivity contribution in [3.8, 4) is 5.75 Å². The molecule has 0 bridgehead atoms. The molecule has 1 saturated heterocycles. The largest absolute Gasteiger partial charge is 0.497 e. The third-order valence-electron chi connectivity index (χ3n) is 5.09. The number of amides is 2. The van der Waals surface area contributed by atoms with Crippen LogP contribution >= 0.6 is 0 Å². The van der Waals surface area contributed by atoms with E-state index in [4.69, 9.17) is 4.74 Å². The number of anilines is 1. The van der Waals surface area contributed by atoms with Gasteiger partial charge in [-0.25, -0.2) is 0 Å². The van der Waals surface area contributed by atoms with E-state index in [1.54, 1.807) is 18.2 Å². The van der Waals surface area contributed by atoms with Crippen molar-refractivity contribution in [1.82, 2.24) is 14.9 Å². The van der Waals surface area contributed by atoms with E-state index in [1.165, 1.54) is 0 Å². The summed E-state index contributed by atoms with van der Waals surface area (Å²) < 4.78 is 7.20. The lowest BCUT2D eigenvalue weighted by Crippen LogP contribution is -2.30. The van der Waals surface area contributed by atoms with Gasteiger partial charge in [0.15, 0.2) is 0 Å². The Labute approximate surface area is 162 Å². The van der Waals surface area contributed by atoms with E-state index in [0.29, 0.717) is 36.6 Å². The smallest absolute Gasteiger partial charge is 0.270 e. The number of pyridine rings is 1. The minimum atomic E-state index is -0.238. The SMILES string of the molecule is COc1ccc2c(c1)c(N1CCCC1=O)c(C(=O)NCc1ccccn1)n2C. The van der Waals surface area contributed by atoms with E-state index in [1.807, 2.05) is 48.0 Å². The van der Waals surface area contributed by atoms with Crippen LogP contribution in [0.4, 0.5) is 5.69 Å². The van der Waals surface area contributed by atoms with Crippen molar-refractivity contribution in [1.29, 1.82) is 0 Å². The normalized spacial score (nSPS) is 13.9. The highest BCUT2D eigenvalue weighted by atomic mass is 16.5. The van der Waals surface area contributed by atoms with E-state index < -0.39 is 0 Å². The molecule has 0 radical (unpaired) electrons. The molecule has 1 aliphatic rings. The molecule has 3 heterocycles. The number of nitrogens with one attached hydrogen (secondary N) is 1. The van der Waals surface area contributed by atoms with Gasteiger partial charge in [0, 0.05) is 31.6 Å². The Hall–Kier alpha value is -3.35. The van der Waals surface area contributed by atoms with Crippen LogP contribution in [0.5, 0.6) is 5.75 Å². The fourth-order valence-corrected chi connectivity index (χ4v) is 3.71. The average molecular weight is 378 g/mol. The highest BCUT2D eigenvalue weighted by Crippen LogP contribution is 2.37. The van der Waals surface area contributed by atoms with Crippen molar-refractivity contribution in [3.05, 3.63) is 54.0 Å². The zero-order valence-electron chi connectivity index (χ0n) is 15.9. The summed E-state index contributed by atoms with van der Waals surface area (Å²) in [5.41, 5.74) is 2.76. The topological polar surface area (TPSA) is 76.5 Å². The number of aromatic nitrogens is 2. The van der Waals surface area contributed by atoms with Crippen LogP contribution in [0.25, 0.3) is 10.9 Å². The van der Waals surface area contributed by atoms with Gasteiger partial charge in [-0.15, -0.1) is 0 Å². The van der Waals surface area contributed by atoms with Crippen LogP contribution < -0.4 is 15.0 Å². The quantitative estimate of drug-likeness (QED) is 0.741. The summed E-state index contributed by atoms with van der Waals surface area (Å²) >= 11 is 0. The molecule has 2 aromatic heterocycles. The van der Waals surface area contributed by atoms with Crippen LogP contribution in [0, 0.1) is 0 Å². The Morgan fingerprint density at radius 1 is 1.29 bits per heavy atom. The number of carbonyl (C=O) groups excluding carboxylic acids is 2. The Bertz CT molecular complexity index is 1040. The number of hydrogen-bond donors (Lipinski definition) is 1. The number of rotatable bonds is 5. The first-order chi connectivity index (χ1) is 13.6. The van der Waals surface area contributed by atoms with Gasteiger partial charge >= 0.3 is 0 Å². The minimum absolute atomic E-state index is 0.0362. The van der Waals surface area contributed by atoms with Crippen LogP contribution in [0.1, 0.15) is 29.0 Å². The summed E-state index contributed by atoms with van der Waals surface area (Å²) in [5.74, 6) is 0.485. The zero-order valence-corrected chi connectivity index (χ0v) is 15.9. The molecule has 1 aromatic carbocycles. The molecule has 1 fully saturated rings. The number of aryl methyl sites for hydroxylation is 1. The lowest BCUT2D eigenvalue weighted by molar-refractivity contribution is -0.117. The molecule has 7 nitrogen and oxygen atoms in total. The molecule has 2 amide bonds. The number of methoxy groups -OCH3 is 1. The van der Waals surface area contributed by atoms with E-state index >= 15 is 0 Å². The van der Waals surface area contributed by atoms with Gasteiger partial charge in [-0.3, -0.25) is 14.6 Å². The third-order valence-corrected chi connectivity index (χ3v) is 5.09. The molecule has 144 valence electrons. The molecule has 4 rings (SSSR count). The zero-order chi connectivity index (χ0) is 19.7. The van der Waals surface area contributed by atoms with Crippen LogP contribution in [0.3, 0.4) is 0 Å². The van der Waals surface area contributed by atoms with Crippen molar-refractivity contribution >= 4 is 28.4 Å². The fraction of sp³-hybridized carbons (Fsp3) is 0.286. The number of ether oxygens (including phenoxy) is 1. The predicted molar refractivity (Wildman–Crippen MR) is 106 cm³/mol. The number of fused-ring (bicyclic) bond motifs is 1. The van der Waals surface area contributed by atoms with E-state index in [0.717, 1.165) is 23.0 Å². The van der Waals surface area contributed by atoms with E-state index in [-0.39, 0.29) is 11.8 Å². The molecule has 1 aliphatic heterocycles. The second-order valence-corrected chi connectivity index (χ2v) is 6.79. The van der Waals surface area contributed by atoms with Crippen LogP contribution in [-0.4, -0.2) is 35.0 Å². The summed E-state index contributed by atoms with van der Waals surface area (Å²) in [5, 5.41) is 3.77. The first-order valence-electron chi connectivity index (χ1n) is 9.25. The van der Waals surface area contributed by atoms with Crippen molar-refractivity contribution in [2.75, 3.05) is 18.6 Å². The summed E-state index contributed by atoms with van der Waals surface area (Å²) in [4.78, 5) is 31.6. The first-order valence-corrected chi connectivity index (χ1v) is 9.25. The molecule has 0 atom stereocenters.